The minimum atomic E-state index is -3.57. The van der Waals surface area contributed by atoms with Gasteiger partial charge in [0.1, 0.15) is 4.90 Å². The Morgan fingerprint density at radius 1 is 1.30 bits per heavy atom. The monoisotopic (exact) mass is 329 g/mol. The second kappa shape index (κ2) is 6.26. The number of aryl methyl sites for hydroxylation is 1. The zero-order chi connectivity index (χ0) is 14.8. The summed E-state index contributed by atoms with van der Waals surface area (Å²) < 4.78 is 26.8. The molecule has 0 aliphatic carbocycles. The number of rotatable bonds is 5. The van der Waals surface area contributed by atoms with Crippen molar-refractivity contribution in [3.05, 3.63) is 51.2 Å². The summed E-state index contributed by atoms with van der Waals surface area (Å²) in [6, 6.07) is 8.86. The highest BCUT2D eigenvalue weighted by Gasteiger charge is 2.25. The van der Waals surface area contributed by atoms with E-state index in [2.05, 4.69) is 0 Å². The molecule has 108 valence electrons. The van der Waals surface area contributed by atoms with Crippen molar-refractivity contribution in [2.24, 2.45) is 0 Å². The van der Waals surface area contributed by atoms with E-state index in [1.807, 2.05) is 31.4 Å². The van der Waals surface area contributed by atoms with Gasteiger partial charge in [-0.25, -0.2) is 8.42 Å². The number of hydrogen-bond acceptors (Lipinski definition) is 3. The van der Waals surface area contributed by atoms with Gasteiger partial charge in [-0.3, -0.25) is 0 Å². The van der Waals surface area contributed by atoms with Crippen LogP contribution in [0.15, 0.2) is 40.6 Å². The van der Waals surface area contributed by atoms with Gasteiger partial charge in [-0.2, -0.15) is 4.31 Å². The first-order chi connectivity index (χ1) is 9.45. The molecule has 0 atom stereocenters. The molecule has 0 saturated carbocycles. The summed E-state index contributed by atoms with van der Waals surface area (Å²) in [7, 11) is -3.57. The smallest absolute Gasteiger partial charge is 0.207 e. The van der Waals surface area contributed by atoms with Crippen LogP contribution in [0.4, 0.5) is 0 Å². The Morgan fingerprint density at radius 2 is 2.05 bits per heavy atom. The van der Waals surface area contributed by atoms with E-state index in [-0.39, 0.29) is 9.92 Å². The highest BCUT2D eigenvalue weighted by molar-refractivity contribution is 7.89. The highest BCUT2D eigenvalue weighted by Crippen LogP contribution is 2.27. The molecule has 0 unspecified atom stereocenters. The Labute approximate surface area is 128 Å². The Balaban J connectivity index is 2.36. The largest absolute Gasteiger partial charge is 0.244 e. The van der Waals surface area contributed by atoms with Crippen molar-refractivity contribution < 1.29 is 8.42 Å². The van der Waals surface area contributed by atoms with Gasteiger partial charge in [0.25, 0.3) is 0 Å². The molecule has 1 aromatic heterocycles. The van der Waals surface area contributed by atoms with Crippen molar-refractivity contribution in [2.75, 3.05) is 6.54 Å². The summed E-state index contributed by atoms with van der Waals surface area (Å²) in [5.41, 5.74) is 0.940. The van der Waals surface area contributed by atoms with Gasteiger partial charge in [0.15, 0.2) is 0 Å². The molecule has 1 aromatic carbocycles. The second-order valence-corrected chi connectivity index (χ2v) is 7.79. The van der Waals surface area contributed by atoms with E-state index in [9.17, 15) is 8.42 Å². The molecule has 20 heavy (non-hydrogen) atoms. The summed E-state index contributed by atoms with van der Waals surface area (Å²) in [4.78, 5) is 1.18. The number of thiophene rings is 1. The summed E-state index contributed by atoms with van der Waals surface area (Å²) in [6.07, 6.45) is 0. The molecule has 2 rings (SSSR count). The standard InChI is InChI=1S/C14H16ClNO2S2/c1-3-16(10-12-5-4-8-19-12)20(17,18)14-7-6-11(2)9-13(14)15/h4-9H,3,10H2,1-2H3. The molecule has 0 spiro atoms. The molecule has 2 aromatic rings. The average Bonchev–Trinajstić information content (AvgIpc) is 2.88. The molecule has 0 saturated heterocycles. The lowest BCUT2D eigenvalue weighted by Crippen LogP contribution is -2.30. The van der Waals surface area contributed by atoms with Gasteiger partial charge in [-0.05, 0) is 36.1 Å². The van der Waals surface area contributed by atoms with Gasteiger partial charge < -0.3 is 0 Å². The van der Waals surface area contributed by atoms with Crippen molar-refractivity contribution in [3.63, 3.8) is 0 Å². The summed E-state index contributed by atoms with van der Waals surface area (Å²) in [5, 5.41) is 2.21. The van der Waals surface area contributed by atoms with Crippen molar-refractivity contribution in [3.8, 4) is 0 Å². The number of halogens is 1. The molecule has 0 radical (unpaired) electrons. The molecule has 3 nitrogen and oxygen atoms in total. The fourth-order valence-corrected chi connectivity index (χ4v) is 4.70. The van der Waals surface area contributed by atoms with E-state index in [4.69, 9.17) is 11.6 Å². The predicted molar refractivity (Wildman–Crippen MR) is 83.8 cm³/mol. The van der Waals surface area contributed by atoms with Crippen LogP contribution in [0.1, 0.15) is 17.4 Å². The molecule has 1 heterocycles. The normalized spacial score (nSPS) is 12.0. The summed E-state index contributed by atoms with van der Waals surface area (Å²) >= 11 is 7.64. The SMILES string of the molecule is CCN(Cc1cccs1)S(=O)(=O)c1ccc(C)cc1Cl. The van der Waals surface area contributed by atoms with E-state index >= 15 is 0 Å². The lowest BCUT2D eigenvalue weighted by Gasteiger charge is -2.20. The Hall–Kier alpha value is -0.880. The van der Waals surface area contributed by atoms with E-state index in [1.165, 1.54) is 4.31 Å². The molecule has 0 amide bonds. The van der Waals surface area contributed by atoms with E-state index < -0.39 is 10.0 Å². The third-order valence-corrected chi connectivity index (χ3v) is 6.24. The van der Waals surface area contributed by atoms with E-state index in [0.29, 0.717) is 13.1 Å². The van der Waals surface area contributed by atoms with Crippen LogP contribution in [-0.4, -0.2) is 19.3 Å². The minimum absolute atomic E-state index is 0.170. The fraction of sp³-hybridized carbons (Fsp3) is 0.286. The van der Waals surface area contributed by atoms with Crippen LogP contribution in [0.3, 0.4) is 0 Å². The highest BCUT2D eigenvalue weighted by atomic mass is 35.5. The van der Waals surface area contributed by atoms with Crippen LogP contribution in [0, 0.1) is 6.92 Å². The first-order valence-corrected chi connectivity index (χ1v) is 8.93. The van der Waals surface area contributed by atoms with Gasteiger partial charge >= 0.3 is 0 Å². The van der Waals surface area contributed by atoms with Gasteiger partial charge in [-0.15, -0.1) is 11.3 Å². The maximum atomic E-state index is 12.7. The second-order valence-electron chi connectivity index (χ2n) is 4.44. The number of benzene rings is 1. The first kappa shape index (κ1) is 15.5. The van der Waals surface area contributed by atoms with E-state index in [1.54, 1.807) is 29.5 Å². The van der Waals surface area contributed by atoms with E-state index in [0.717, 1.165) is 10.4 Å². The predicted octanol–water partition coefficient (Wildman–Crippen LogP) is 3.92. The summed E-state index contributed by atoms with van der Waals surface area (Å²) in [6.45, 7) is 4.49. The fourth-order valence-electron chi connectivity index (χ4n) is 1.90. The third kappa shape index (κ3) is 3.23. The maximum absolute atomic E-state index is 12.7. The van der Waals surface area contributed by atoms with Crippen LogP contribution in [0.5, 0.6) is 0 Å². The average molecular weight is 330 g/mol. The Kier molecular flexibility index (Phi) is 4.86. The molecule has 0 aliphatic heterocycles. The summed E-state index contributed by atoms with van der Waals surface area (Å²) in [5.74, 6) is 0. The topological polar surface area (TPSA) is 37.4 Å². The lowest BCUT2D eigenvalue weighted by atomic mass is 10.2. The van der Waals surface area contributed by atoms with Crippen molar-refractivity contribution in [1.29, 1.82) is 0 Å². The minimum Gasteiger partial charge on any atom is -0.207 e. The zero-order valence-corrected chi connectivity index (χ0v) is 13.7. The Bertz CT molecular complexity index is 681. The lowest BCUT2D eigenvalue weighted by molar-refractivity contribution is 0.426. The molecule has 0 fully saturated rings. The van der Waals surface area contributed by atoms with Gasteiger partial charge in [0.05, 0.1) is 5.02 Å². The van der Waals surface area contributed by atoms with Crippen LogP contribution in [0.25, 0.3) is 0 Å². The molecule has 0 aliphatic rings. The van der Waals surface area contributed by atoms with Crippen LogP contribution in [-0.2, 0) is 16.6 Å². The zero-order valence-electron chi connectivity index (χ0n) is 11.3. The van der Waals surface area contributed by atoms with Crippen LogP contribution in [0.2, 0.25) is 5.02 Å². The van der Waals surface area contributed by atoms with Gasteiger partial charge in [0.2, 0.25) is 10.0 Å². The molecule has 0 bridgehead atoms. The van der Waals surface area contributed by atoms with Crippen LogP contribution < -0.4 is 0 Å². The molecule has 0 N–H and O–H groups in total. The van der Waals surface area contributed by atoms with Gasteiger partial charge in [-0.1, -0.05) is 30.7 Å². The third-order valence-electron chi connectivity index (χ3n) is 2.97. The first-order valence-electron chi connectivity index (χ1n) is 6.24. The number of sulfonamides is 1. The maximum Gasteiger partial charge on any atom is 0.244 e. The van der Waals surface area contributed by atoms with Crippen molar-refractivity contribution >= 4 is 33.0 Å². The number of hydrogen-bond donors (Lipinski definition) is 0. The quantitative estimate of drug-likeness (QED) is 0.833. The van der Waals surface area contributed by atoms with Gasteiger partial charge in [0, 0.05) is 18.0 Å². The Morgan fingerprint density at radius 3 is 2.60 bits per heavy atom. The molecular weight excluding hydrogens is 314 g/mol. The number of nitrogens with zero attached hydrogens (tertiary/aromatic N) is 1. The molecule has 6 heteroatoms. The molecular formula is C14H16ClNO2S2. The van der Waals surface area contributed by atoms with Crippen molar-refractivity contribution in [2.45, 2.75) is 25.3 Å². The van der Waals surface area contributed by atoms with Crippen molar-refractivity contribution in [1.82, 2.24) is 4.31 Å². The van der Waals surface area contributed by atoms with Crippen LogP contribution >= 0.6 is 22.9 Å².